The largest absolute Gasteiger partial charge is 0.309 e. The van der Waals surface area contributed by atoms with E-state index in [0.717, 1.165) is 0 Å². The Labute approximate surface area is 95.2 Å². The van der Waals surface area contributed by atoms with Gasteiger partial charge in [0.05, 0.1) is 12.2 Å². The van der Waals surface area contributed by atoms with E-state index in [1.807, 2.05) is 0 Å². The molecule has 0 radical (unpaired) electrons. The molecule has 2 aromatic rings. The molecule has 7 heteroatoms. The Morgan fingerprint density at radius 3 is 2.71 bits per heavy atom. The number of alkyl halides is 2. The van der Waals surface area contributed by atoms with E-state index < -0.39 is 12.5 Å². The monoisotopic (exact) mass is 235 g/mol. The number of hydrogen-bond acceptors (Lipinski definition) is 5. The molecule has 2 aromatic heterocycles. The first kappa shape index (κ1) is 10.0. The summed E-state index contributed by atoms with van der Waals surface area (Å²) < 4.78 is 27.4. The van der Waals surface area contributed by atoms with Gasteiger partial charge >= 0.3 is 5.92 Å². The highest BCUT2D eigenvalue weighted by Gasteiger charge is 2.46. The number of pyridine rings is 1. The van der Waals surface area contributed by atoms with Gasteiger partial charge in [0, 0.05) is 6.20 Å². The summed E-state index contributed by atoms with van der Waals surface area (Å²) in [6.45, 7) is -0.497. The maximum absolute atomic E-state index is 13.7. The van der Waals surface area contributed by atoms with Crippen LogP contribution in [-0.2, 0) is 5.92 Å². The molecule has 0 aliphatic carbocycles. The minimum absolute atomic E-state index is 0.200. The molecule has 0 unspecified atom stereocenters. The topological polar surface area (TPSA) is 54.8 Å². The van der Waals surface area contributed by atoms with Crippen LogP contribution in [0.15, 0.2) is 31.0 Å². The van der Waals surface area contributed by atoms with Gasteiger partial charge in [-0.15, -0.1) is 0 Å². The summed E-state index contributed by atoms with van der Waals surface area (Å²) in [5.41, 5.74) is 0.101. The fraction of sp³-hybridized carbons (Fsp3) is 0.200. The molecule has 3 rings (SSSR count). The van der Waals surface area contributed by atoms with Crippen LogP contribution in [0.1, 0.15) is 5.69 Å². The molecule has 0 amide bonds. The van der Waals surface area contributed by atoms with Gasteiger partial charge in [-0.3, -0.25) is 4.98 Å². The molecular weight excluding hydrogens is 228 g/mol. The maximum atomic E-state index is 13.7. The molecule has 3 heterocycles. The van der Waals surface area contributed by atoms with Crippen molar-refractivity contribution in [3.05, 3.63) is 36.7 Å². The van der Waals surface area contributed by atoms with Crippen molar-refractivity contribution in [2.75, 3.05) is 11.4 Å². The highest BCUT2D eigenvalue weighted by atomic mass is 19.3. The van der Waals surface area contributed by atoms with Crippen LogP contribution in [0.25, 0.3) is 0 Å². The first-order chi connectivity index (χ1) is 8.18. The van der Waals surface area contributed by atoms with Crippen molar-refractivity contribution in [1.82, 2.24) is 19.9 Å². The quantitative estimate of drug-likeness (QED) is 0.749. The zero-order valence-electron chi connectivity index (χ0n) is 8.59. The van der Waals surface area contributed by atoms with Gasteiger partial charge in [0.25, 0.3) is 0 Å². The first-order valence-corrected chi connectivity index (χ1v) is 4.91. The Bertz CT molecular complexity index is 545. The summed E-state index contributed by atoms with van der Waals surface area (Å²) in [5.74, 6) is -2.78. The number of fused-ring (bicyclic) bond motifs is 1. The lowest BCUT2D eigenvalue weighted by Crippen LogP contribution is -2.24. The first-order valence-electron chi connectivity index (χ1n) is 4.91. The molecule has 1 aliphatic heterocycles. The van der Waals surface area contributed by atoms with Gasteiger partial charge in [0.2, 0.25) is 5.95 Å². The van der Waals surface area contributed by atoms with Gasteiger partial charge in [-0.05, 0) is 12.1 Å². The van der Waals surface area contributed by atoms with Gasteiger partial charge in [0.15, 0.2) is 0 Å². The number of nitrogens with zero attached hydrogens (tertiary/aromatic N) is 5. The standard InChI is InChI=1S/C10H7F2N5/c11-10(12)4-17(9-15-5-13-6-16-9)7-2-1-3-14-8(7)10/h1-3,5-6H,4H2. The molecule has 1 aliphatic rings. The summed E-state index contributed by atoms with van der Waals surface area (Å²) in [6, 6.07) is 3.18. The van der Waals surface area contributed by atoms with Crippen LogP contribution in [0.5, 0.6) is 0 Å². The third-order valence-electron chi connectivity index (χ3n) is 2.50. The molecule has 0 saturated heterocycles. The van der Waals surface area contributed by atoms with E-state index in [4.69, 9.17) is 0 Å². The third kappa shape index (κ3) is 1.50. The third-order valence-corrected chi connectivity index (χ3v) is 2.50. The predicted octanol–water partition coefficient (Wildman–Crippen LogP) is 1.51. The molecule has 0 atom stereocenters. The van der Waals surface area contributed by atoms with Crippen LogP contribution in [0.4, 0.5) is 20.4 Å². The van der Waals surface area contributed by atoms with Gasteiger partial charge in [-0.1, -0.05) is 0 Å². The zero-order valence-corrected chi connectivity index (χ0v) is 8.59. The van der Waals surface area contributed by atoms with Crippen LogP contribution < -0.4 is 4.90 Å². The Kier molecular flexibility index (Phi) is 2.01. The minimum Gasteiger partial charge on any atom is -0.302 e. The van der Waals surface area contributed by atoms with Crippen molar-refractivity contribution in [1.29, 1.82) is 0 Å². The Balaban J connectivity index is 2.12. The van der Waals surface area contributed by atoms with Crippen molar-refractivity contribution in [3.8, 4) is 0 Å². The lowest BCUT2D eigenvalue weighted by atomic mass is 10.2. The highest BCUT2D eigenvalue weighted by molar-refractivity contribution is 5.65. The molecule has 0 bridgehead atoms. The van der Waals surface area contributed by atoms with Crippen LogP contribution >= 0.6 is 0 Å². The summed E-state index contributed by atoms with van der Waals surface area (Å²) in [4.78, 5) is 16.5. The number of aromatic nitrogens is 4. The lowest BCUT2D eigenvalue weighted by molar-refractivity contribution is 0.0111. The lowest BCUT2D eigenvalue weighted by Gasteiger charge is -2.15. The second-order valence-electron chi connectivity index (χ2n) is 3.60. The molecule has 0 fully saturated rings. The second-order valence-corrected chi connectivity index (χ2v) is 3.60. The fourth-order valence-electron chi connectivity index (χ4n) is 1.81. The molecular formula is C10H7F2N5. The van der Waals surface area contributed by atoms with Gasteiger partial charge in [0.1, 0.15) is 18.3 Å². The Morgan fingerprint density at radius 2 is 1.94 bits per heavy atom. The van der Waals surface area contributed by atoms with Gasteiger partial charge in [-0.2, -0.15) is 8.78 Å². The summed E-state index contributed by atoms with van der Waals surface area (Å²) in [6.07, 6.45) is 3.90. The normalized spacial score (nSPS) is 16.9. The molecule has 17 heavy (non-hydrogen) atoms. The summed E-state index contributed by atoms with van der Waals surface area (Å²) >= 11 is 0. The van der Waals surface area contributed by atoms with E-state index in [-0.39, 0.29) is 11.6 Å². The SMILES string of the molecule is FC1(F)CN(c2ncncn2)c2cccnc21. The molecule has 86 valence electrons. The molecule has 0 spiro atoms. The van der Waals surface area contributed by atoms with Crippen molar-refractivity contribution in [3.63, 3.8) is 0 Å². The molecule has 0 aromatic carbocycles. The Hall–Kier alpha value is -2.18. The van der Waals surface area contributed by atoms with Crippen LogP contribution in [0.3, 0.4) is 0 Å². The van der Waals surface area contributed by atoms with E-state index in [9.17, 15) is 8.78 Å². The number of rotatable bonds is 1. The summed E-state index contributed by atoms with van der Waals surface area (Å²) in [5, 5.41) is 0. The summed E-state index contributed by atoms with van der Waals surface area (Å²) in [7, 11) is 0. The van der Waals surface area contributed by atoms with E-state index in [1.165, 1.54) is 23.8 Å². The van der Waals surface area contributed by atoms with Crippen molar-refractivity contribution in [2.24, 2.45) is 0 Å². The minimum atomic E-state index is -2.98. The fourth-order valence-corrected chi connectivity index (χ4v) is 1.81. The highest BCUT2D eigenvalue weighted by Crippen LogP contribution is 2.43. The van der Waals surface area contributed by atoms with Crippen molar-refractivity contribution < 1.29 is 8.78 Å². The predicted molar refractivity (Wildman–Crippen MR) is 55.0 cm³/mol. The van der Waals surface area contributed by atoms with E-state index >= 15 is 0 Å². The van der Waals surface area contributed by atoms with Crippen LogP contribution in [-0.4, -0.2) is 26.5 Å². The van der Waals surface area contributed by atoms with Gasteiger partial charge in [-0.25, -0.2) is 15.0 Å². The van der Waals surface area contributed by atoms with Crippen LogP contribution in [0, 0.1) is 0 Å². The van der Waals surface area contributed by atoms with Gasteiger partial charge < -0.3 is 4.90 Å². The smallest absolute Gasteiger partial charge is 0.302 e. The maximum Gasteiger partial charge on any atom is 0.309 e. The van der Waals surface area contributed by atoms with E-state index in [0.29, 0.717) is 5.69 Å². The zero-order chi connectivity index (χ0) is 11.9. The number of halogens is 2. The number of anilines is 2. The molecule has 5 nitrogen and oxygen atoms in total. The van der Waals surface area contributed by atoms with E-state index in [2.05, 4.69) is 19.9 Å². The number of hydrogen-bond donors (Lipinski definition) is 0. The van der Waals surface area contributed by atoms with E-state index in [1.54, 1.807) is 12.1 Å². The van der Waals surface area contributed by atoms with Crippen LogP contribution in [0.2, 0.25) is 0 Å². The molecule has 0 N–H and O–H groups in total. The average molecular weight is 235 g/mol. The second kappa shape index (κ2) is 3.41. The Morgan fingerprint density at radius 1 is 1.18 bits per heavy atom. The molecule has 0 saturated carbocycles. The van der Waals surface area contributed by atoms with Crippen molar-refractivity contribution >= 4 is 11.6 Å². The average Bonchev–Trinajstić information content (AvgIpc) is 2.64. The van der Waals surface area contributed by atoms with Crippen molar-refractivity contribution in [2.45, 2.75) is 5.92 Å².